The molecule has 0 bridgehead atoms. The fourth-order valence-electron chi connectivity index (χ4n) is 1.11. The molecular formula is C10H16N2S. The minimum absolute atomic E-state index is 0.139. The summed E-state index contributed by atoms with van der Waals surface area (Å²) in [6, 6.07) is 4.21. The van der Waals surface area contributed by atoms with Crippen LogP contribution in [-0.4, -0.2) is 17.0 Å². The molecule has 72 valence electrons. The van der Waals surface area contributed by atoms with Crippen LogP contribution in [-0.2, 0) is 0 Å². The van der Waals surface area contributed by atoms with Crippen LogP contribution in [0.2, 0.25) is 0 Å². The summed E-state index contributed by atoms with van der Waals surface area (Å²) < 4.78 is 0. The maximum Gasteiger partial charge on any atom is 0.0372 e. The Hall–Kier alpha value is -0.540. The van der Waals surface area contributed by atoms with E-state index in [4.69, 9.17) is 5.73 Å². The smallest absolute Gasteiger partial charge is 0.0372 e. The number of rotatable bonds is 4. The van der Waals surface area contributed by atoms with Crippen LogP contribution in [0.1, 0.15) is 23.7 Å². The molecule has 1 rings (SSSR count). The van der Waals surface area contributed by atoms with Gasteiger partial charge < -0.3 is 5.73 Å². The Morgan fingerprint density at radius 2 is 2.31 bits per heavy atom. The quantitative estimate of drug-likeness (QED) is 0.802. The van der Waals surface area contributed by atoms with Crippen molar-refractivity contribution in [3.05, 3.63) is 29.6 Å². The van der Waals surface area contributed by atoms with Crippen LogP contribution in [0.5, 0.6) is 0 Å². The largest absolute Gasteiger partial charge is 0.324 e. The third-order valence-corrected chi connectivity index (χ3v) is 2.64. The van der Waals surface area contributed by atoms with Crippen molar-refractivity contribution in [3.63, 3.8) is 0 Å². The van der Waals surface area contributed by atoms with E-state index < -0.39 is 0 Å². The number of thioether (sulfide) groups is 1. The van der Waals surface area contributed by atoms with E-state index in [-0.39, 0.29) is 6.04 Å². The van der Waals surface area contributed by atoms with Gasteiger partial charge in [0.2, 0.25) is 0 Å². The van der Waals surface area contributed by atoms with Crippen molar-refractivity contribution < 1.29 is 0 Å². The topological polar surface area (TPSA) is 38.9 Å². The Balaban J connectivity index is 2.55. The number of nitrogens with two attached hydrogens (primary N) is 1. The summed E-state index contributed by atoms with van der Waals surface area (Å²) in [6.45, 7) is 1.98. The monoisotopic (exact) mass is 196 g/mol. The molecule has 0 aliphatic rings. The highest BCUT2D eigenvalue weighted by Gasteiger charge is 2.04. The lowest BCUT2D eigenvalue weighted by molar-refractivity contribution is 0.701. The van der Waals surface area contributed by atoms with Crippen molar-refractivity contribution in [3.8, 4) is 0 Å². The Bertz CT molecular complexity index is 246. The van der Waals surface area contributed by atoms with E-state index in [0.717, 1.165) is 23.4 Å². The van der Waals surface area contributed by atoms with E-state index in [1.807, 2.05) is 30.9 Å². The summed E-state index contributed by atoms with van der Waals surface area (Å²) in [4.78, 5) is 4.22. The van der Waals surface area contributed by atoms with E-state index in [9.17, 15) is 0 Å². The van der Waals surface area contributed by atoms with Crippen LogP contribution in [0.4, 0.5) is 0 Å². The van der Waals surface area contributed by atoms with E-state index >= 15 is 0 Å². The molecule has 0 saturated heterocycles. The fraction of sp³-hybridized carbons (Fsp3) is 0.500. The first-order valence-electron chi connectivity index (χ1n) is 4.41. The Morgan fingerprint density at radius 3 is 2.85 bits per heavy atom. The summed E-state index contributed by atoms with van der Waals surface area (Å²) in [5.41, 5.74) is 8.16. The predicted molar refractivity (Wildman–Crippen MR) is 58.9 cm³/mol. The highest BCUT2D eigenvalue weighted by Crippen LogP contribution is 2.14. The van der Waals surface area contributed by atoms with Crippen molar-refractivity contribution >= 4 is 11.8 Å². The van der Waals surface area contributed by atoms with Gasteiger partial charge >= 0.3 is 0 Å². The van der Waals surface area contributed by atoms with Crippen LogP contribution in [0.25, 0.3) is 0 Å². The minimum atomic E-state index is 0.139. The molecule has 0 aliphatic heterocycles. The molecule has 0 saturated carbocycles. The summed E-state index contributed by atoms with van der Waals surface area (Å²) in [5, 5.41) is 0. The third-order valence-electron chi connectivity index (χ3n) is 2.00. The lowest BCUT2D eigenvalue weighted by Gasteiger charge is -2.10. The van der Waals surface area contributed by atoms with E-state index in [0.29, 0.717) is 0 Å². The number of aromatic nitrogens is 1. The van der Waals surface area contributed by atoms with E-state index in [1.54, 1.807) is 0 Å². The van der Waals surface area contributed by atoms with Gasteiger partial charge in [0.15, 0.2) is 0 Å². The molecule has 1 aromatic rings. The van der Waals surface area contributed by atoms with Crippen molar-refractivity contribution in [2.24, 2.45) is 5.73 Å². The second kappa shape index (κ2) is 5.25. The summed E-state index contributed by atoms with van der Waals surface area (Å²) >= 11 is 1.83. The van der Waals surface area contributed by atoms with Crippen LogP contribution in [0, 0.1) is 6.92 Å². The zero-order valence-electron chi connectivity index (χ0n) is 8.16. The van der Waals surface area contributed by atoms with Crippen molar-refractivity contribution in [2.75, 3.05) is 12.0 Å². The highest BCUT2D eigenvalue weighted by molar-refractivity contribution is 7.98. The molecule has 1 heterocycles. The molecule has 13 heavy (non-hydrogen) atoms. The minimum Gasteiger partial charge on any atom is -0.324 e. The van der Waals surface area contributed by atoms with Crippen LogP contribution in [0.15, 0.2) is 18.3 Å². The van der Waals surface area contributed by atoms with Crippen molar-refractivity contribution in [1.82, 2.24) is 4.98 Å². The Labute approximate surface area is 83.9 Å². The average molecular weight is 196 g/mol. The predicted octanol–water partition coefficient (Wildman–Crippen LogP) is 2.14. The number of nitrogens with zero attached hydrogens (tertiary/aromatic N) is 1. The van der Waals surface area contributed by atoms with E-state index in [2.05, 4.69) is 17.3 Å². The van der Waals surface area contributed by atoms with Gasteiger partial charge in [0.1, 0.15) is 0 Å². The average Bonchev–Trinajstić information content (AvgIpc) is 2.15. The number of hydrogen-bond acceptors (Lipinski definition) is 3. The fourth-order valence-corrected chi connectivity index (χ4v) is 1.60. The number of aryl methyl sites for hydroxylation is 1. The highest BCUT2D eigenvalue weighted by atomic mass is 32.2. The van der Waals surface area contributed by atoms with Gasteiger partial charge in [-0.25, -0.2) is 0 Å². The van der Waals surface area contributed by atoms with Gasteiger partial charge in [-0.15, -0.1) is 0 Å². The van der Waals surface area contributed by atoms with Gasteiger partial charge in [-0.2, -0.15) is 11.8 Å². The molecule has 0 spiro atoms. The normalized spacial score (nSPS) is 12.8. The van der Waals surface area contributed by atoms with Gasteiger partial charge in [0.05, 0.1) is 0 Å². The zero-order valence-corrected chi connectivity index (χ0v) is 8.97. The molecule has 0 aliphatic carbocycles. The zero-order chi connectivity index (χ0) is 9.68. The van der Waals surface area contributed by atoms with Gasteiger partial charge in [-0.1, -0.05) is 6.07 Å². The summed E-state index contributed by atoms with van der Waals surface area (Å²) in [7, 11) is 0. The molecule has 3 heteroatoms. The third kappa shape index (κ3) is 3.36. The first-order chi connectivity index (χ1) is 6.24. The molecular weight excluding hydrogens is 180 g/mol. The molecule has 2 nitrogen and oxygen atoms in total. The van der Waals surface area contributed by atoms with Crippen LogP contribution < -0.4 is 5.73 Å². The van der Waals surface area contributed by atoms with Gasteiger partial charge in [0, 0.05) is 17.9 Å². The summed E-state index contributed by atoms with van der Waals surface area (Å²) in [5.74, 6) is 1.11. The summed E-state index contributed by atoms with van der Waals surface area (Å²) in [6.07, 6.45) is 4.99. The molecule has 1 atom stereocenters. The van der Waals surface area contributed by atoms with Crippen LogP contribution >= 0.6 is 11.8 Å². The maximum atomic E-state index is 5.98. The first-order valence-corrected chi connectivity index (χ1v) is 5.80. The molecule has 1 aromatic heterocycles. The lowest BCUT2D eigenvalue weighted by atomic mass is 10.1. The molecule has 0 fully saturated rings. The molecule has 2 N–H and O–H groups in total. The Kier molecular flexibility index (Phi) is 4.25. The standard InChI is InChI=1S/C10H16N2S/c1-8-3-4-9(7-12-8)10(11)5-6-13-2/h3-4,7,10H,5-6,11H2,1-2H3. The lowest BCUT2D eigenvalue weighted by Crippen LogP contribution is -2.11. The Morgan fingerprint density at radius 1 is 1.54 bits per heavy atom. The van der Waals surface area contributed by atoms with E-state index in [1.165, 1.54) is 0 Å². The molecule has 0 radical (unpaired) electrons. The van der Waals surface area contributed by atoms with Crippen molar-refractivity contribution in [2.45, 2.75) is 19.4 Å². The maximum absolute atomic E-state index is 5.98. The second-order valence-electron chi connectivity index (χ2n) is 3.12. The van der Waals surface area contributed by atoms with Gasteiger partial charge in [0.25, 0.3) is 0 Å². The first kappa shape index (κ1) is 10.5. The van der Waals surface area contributed by atoms with Crippen LogP contribution in [0.3, 0.4) is 0 Å². The number of pyridine rings is 1. The number of hydrogen-bond donors (Lipinski definition) is 1. The van der Waals surface area contributed by atoms with Gasteiger partial charge in [-0.3, -0.25) is 4.98 Å². The molecule has 0 aromatic carbocycles. The molecule has 0 amide bonds. The SMILES string of the molecule is CSCCC(N)c1ccc(C)nc1. The second-order valence-corrected chi connectivity index (χ2v) is 4.11. The van der Waals surface area contributed by atoms with Crippen molar-refractivity contribution in [1.29, 1.82) is 0 Å². The molecule has 1 unspecified atom stereocenters. The van der Waals surface area contributed by atoms with Gasteiger partial charge in [-0.05, 0) is 37.0 Å².